The summed E-state index contributed by atoms with van der Waals surface area (Å²) in [6.07, 6.45) is 0.594. The maximum atomic E-state index is 13.6. The standard InChI is InChI=1S/C26H33FN2O4/c1-5-23(25(30)28-13-15-32-4)33-21-11-8-18-12-14-29(26(31)17(2)3)24(22(18)16-21)19-6-9-20(27)10-7-19/h6-11,16-17,23-24H,5,12-15H2,1-4H3,(H,28,30)/t23-,24-/m0/s1. The van der Waals surface area contributed by atoms with Gasteiger partial charge in [0.15, 0.2) is 6.10 Å². The van der Waals surface area contributed by atoms with E-state index < -0.39 is 6.10 Å². The van der Waals surface area contributed by atoms with Gasteiger partial charge in [-0.25, -0.2) is 4.39 Å². The summed E-state index contributed by atoms with van der Waals surface area (Å²) in [7, 11) is 1.58. The van der Waals surface area contributed by atoms with Gasteiger partial charge in [-0.1, -0.05) is 39.0 Å². The van der Waals surface area contributed by atoms with Crippen LogP contribution in [0.1, 0.15) is 49.9 Å². The first kappa shape index (κ1) is 24.7. The molecule has 0 spiro atoms. The summed E-state index contributed by atoms with van der Waals surface area (Å²) in [5.41, 5.74) is 2.89. The molecule has 2 amide bonds. The summed E-state index contributed by atoms with van der Waals surface area (Å²) in [6, 6.07) is 11.7. The zero-order valence-electron chi connectivity index (χ0n) is 19.8. The van der Waals surface area contributed by atoms with E-state index >= 15 is 0 Å². The molecule has 1 aliphatic rings. The number of amides is 2. The van der Waals surface area contributed by atoms with E-state index in [0.717, 1.165) is 23.1 Å². The van der Waals surface area contributed by atoms with Crippen LogP contribution in [0.3, 0.4) is 0 Å². The summed E-state index contributed by atoms with van der Waals surface area (Å²) >= 11 is 0. The lowest BCUT2D eigenvalue weighted by atomic mass is 9.87. The highest BCUT2D eigenvalue weighted by Crippen LogP contribution is 2.38. The van der Waals surface area contributed by atoms with E-state index in [2.05, 4.69) is 5.32 Å². The molecule has 0 fully saturated rings. The molecule has 2 atom stereocenters. The van der Waals surface area contributed by atoms with Crippen molar-refractivity contribution in [3.05, 3.63) is 65.0 Å². The molecule has 0 saturated heterocycles. The van der Waals surface area contributed by atoms with Crippen LogP contribution in [0.15, 0.2) is 42.5 Å². The van der Waals surface area contributed by atoms with E-state index in [0.29, 0.717) is 31.9 Å². The van der Waals surface area contributed by atoms with E-state index in [1.807, 2.05) is 43.9 Å². The number of nitrogens with one attached hydrogen (secondary N) is 1. The molecule has 1 aliphatic heterocycles. The van der Waals surface area contributed by atoms with Crippen LogP contribution < -0.4 is 10.1 Å². The molecular formula is C26H33FN2O4. The van der Waals surface area contributed by atoms with Crippen LogP contribution in [-0.2, 0) is 20.7 Å². The number of nitrogens with zero attached hydrogens (tertiary/aromatic N) is 1. The number of fused-ring (bicyclic) bond motifs is 1. The minimum atomic E-state index is -0.638. The molecule has 178 valence electrons. The van der Waals surface area contributed by atoms with Crippen molar-refractivity contribution in [3.63, 3.8) is 0 Å². The molecule has 0 radical (unpaired) electrons. The second kappa shape index (κ2) is 11.3. The summed E-state index contributed by atoms with van der Waals surface area (Å²) in [5.74, 6) is -0.0641. The van der Waals surface area contributed by atoms with Crippen molar-refractivity contribution in [1.82, 2.24) is 10.2 Å². The average molecular weight is 457 g/mol. The Balaban J connectivity index is 1.93. The Bertz CT molecular complexity index is 961. The van der Waals surface area contributed by atoms with Gasteiger partial charge in [-0.05, 0) is 53.8 Å². The summed E-state index contributed by atoms with van der Waals surface area (Å²) in [5, 5.41) is 2.81. The van der Waals surface area contributed by atoms with Crippen molar-refractivity contribution in [2.75, 3.05) is 26.8 Å². The molecule has 6 nitrogen and oxygen atoms in total. The van der Waals surface area contributed by atoms with Crippen LogP contribution in [0.25, 0.3) is 0 Å². The zero-order chi connectivity index (χ0) is 24.0. The SMILES string of the molecule is CC[C@H](Oc1ccc2c(c1)[C@H](c1ccc(F)cc1)N(C(=O)C(C)C)CC2)C(=O)NCCOC. The molecule has 0 saturated carbocycles. The van der Waals surface area contributed by atoms with Crippen molar-refractivity contribution in [2.24, 2.45) is 5.92 Å². The number of benzene rings is 2. The van der Waals surface area contributed by atoms with E-state index in [1.165, 1.54) is 12.1 Å². The third-order valence-corrected chi connectivity index (χ3v) is 5.86. The average Bonchev–Trinajstić information content (AvgIpc) is 2.81. The fourth-order valence-electron chi connectivity index (χ4n) is 4.12. The zero-order valence-corrected chi connectivity index (χ0v) is 19.8. The second-order valence-corrected chi connectivity index (χ2v) is 8.55. The topological polar surface area (TPSA) is 67.9 Å². The van der Waals surface area contributed by atoms with E-state index in [4.69, 9.17) is 9.47 Å². The van der Waals surface area contributed by atoms with Crippen LogP contribution >= 0.6 is 0 Å². The second-order valence-electron chi connectivity index (χ2n) is 8.55. The van der Waals surface area contributed by atoms with Crippen LogP contribution in [0.2, 0.25) is 0 Å². The molecule has 0 bridgehead atoms. The molecule has 0 aromatic heterocycles. The van der Waals surface area contributed by atoms with Crippen LogP contribution in [0.4, 0.5) is 4.39 Å². The molecule has 1 N–H and O–H groups in total. The van der Waals surface area contributed by atoms with E-state index in [9.17, 15) is 14.0 Å². The quantitative estimate of drug-likeness (QED) is 0.582. The van der Waals surface area contributed by atoms with Crippen LogP contribution in [0, 0.1) is 11.7 Å². The molecule has 3 rings (SSSR count). The molecule has 0 aliphatic carbocycles. The van der Waals surface area contributed by atoms with Crippen molar-refractivity contribution < 1.29 is 23.5 Å². The van der Waals surface area contributed by atoms with Gasteiger partial charge in [0.2, 0.25) is 5.91 Å². The highest BCUT2D eigenvalue weighted by molar-refractivity contribution is 5.81. The van der Waals surface area contributed by atoms with Gasteiger partial charge in [0.05, 0.1) is 12.6 Å². The number of halogens is 1. The Hall–Kier alpha value is -2.93. The Morgan fingerprint density at radius 2 is 1.91 bits per heavy atom. The number of ether oxygens (including phenoxy) is 2. The number of rotatable bonds is 9. The normalized spacial score (nSPS) is 16.3. The van der Waals surface area contributed by atoms with Crippen molar-refractivity contribution in [1.29, 1.82) is 0 Å². The predicted octanol–water partition coefficient (Wildman–Crippen LogP) is 3.88. The molecule has 0 unspecified atom stereocenters. The first-order chi connectivity index (χ1) is 15.8. The fraction of sp³-hybridized carbons (Fsp3) is 0.462. The molecule has 7 heteroatoms. The minimum Gasteiger partial charge on any atom is -0.481 e. The van der Waals surface area contributed by atoms with Crippen LogP contribution in [0.5, 0.6) is 5.75 Å². The van der Waals surface area contributed by atoms with Gasteiger partial charge in [-0.3, -0.25) is 9.59 Å². The maximum Gasteiger partial charge on any atom is 0.261 e. The minimum absolute atomic E-state index is 0.0465. The monoisotopic (exact) mass is 456 g/mol. The summed E-state index contributed by atoms with van der Waals surface area (Å²) in [4.78, 5) is 27.4. The lowest BCUT2D eigenvalue weighted by Gasteiger charge is -2.39. The van der Waals surface area contributed by atoms with Crippen molar-refractivity contribution >= 4 is 11.8 Å². The van der Waals surface area contributed by atoms with Gasteiger partial charge in [0, 0.05) is 26.1 Å². The van der Waals surface area contributed by atoms with E-state index in [1.54, 1.807) is 19.2 Å². The lowest BCUT2D eigenvalue weighted by molar-refractivity contribution is -0.136. The number of carbonyl (C=O) groups excluding carboxylic acids is 2. The maximum absolute atomic E-state index is 13.6. The Labute approximate surface area is 195 Å². The van der Waals surface area contributed by atoms with Crippen LogP contribution in [-0.4, -0.2) is 49.6 Å². The first-order valence-corrected chi connectivity index (χ1v) is 11.5. The smallest absolute Gasteiger partial charge is 0.261 e. The van der Waals surface area contributed by atoms with Crippen molar-refractivity contribution in [2.45, 2.75) is 45.8 Å². The Morgan fingerprint density at radius 3 is 2.55 bits per heavy atom. The first-order valence-electron chi connectivity index (χ1n) is 11.5. The predicted molar refractivity (Wildman–Crippen MR) is 125 cm³/mol. The molecule has 1 heterocycles. The molecular weight excluding hydrogens is 423 g/mol. The van der Waals surface area contributed by atoms with Gasteiger partial charge >= 0.3 is 0 Å². The Kier molecular flexibility index (Phi) is 8.44. The van der Waals surface area contributed by atoms with E-state index in [-0.39, 0.29) is 29.6 Å². The van der Waals surface area contributed by atoms with Gasteiger partial charge in [0.1, 0.15) is 11.6 Å². The van der Waals surface area contributed by atoms with Gasteiger partial charge in [-0.2, -0.15) is 0 Å². The number of methoxy groups -OCH3 is 1. The van der Waals surface area contributed by atoms with Crippen molar-refractivity contribution in [3.8, 4) is 5.75 Å². The molecule has 2 aromatic rings. The fourth-order valence-corrected chi connectivity index (χ4v) is 4.12. The molecule has 2 aromatic carbocycles. The Morgan fingerprint density at radius 1 is 1.18 bits per heavy atom. The largest absolute Gasteiger partial charge is 0.481 e. The third-order valence-electron chi connectivity index (χ3n) is 5.86. The molecule has 33 heavy (non-hydrogen) atoms. The third kappa shape index (κ3) is 5.90. The number of hydrogen-bond acceptors (Lipinski definition) is 4. The lowest BCUT2D eigenvalue weighted by Crippen LogP contribution is -2.42. The summed E-state index contributed by atoms with van der Waals surface area (Å²) < 4.78 is 24.7. The van der Waals surface area contributed by atoms with Gasteiger partial charge in [-0.15, -0.1) is 0 Å². The highest BCUT2D eigenvalue weighted by atomic mass is 19.1. The van der Waals surface area contributed by atoms with Gasteiger partial charge < -0.3 is 19.7 Å². The highest BCUT2D eigenvalue weighted by Gasteiger charge is 2.33. The number of carbonyl (C=O) groups is 2. The van der Waals surface area contributed by atoms with Gasteiger partial charge in [0.25, 0.3) is 5.91 Å². The summed E-state index contributed by atoms with van der Waals surface area (Å²) in [6.45, 7) is 7.09. The number of hydrogen-bond donors (Lipinski definition) is 1.